The summed E-state index contributed by atoms with van der Waals surface area (Å²) in [6.45, 7) is 1.03. The number of ether oxygens (including phenoxy) is 1. The van der Waals surface area contributed by atoms with E-state index < -0.39 is 6.10 Å². The lowest BCUT2D eigenvalue weighted by Crippen LogP contribution is -2.30. The highest BCUT2D eigenvalue weighted by Crippen LogP contribution is 2.26. The average molecular weight is 300 g/mol. The smallest absolute Gasteiger partial charge is 0.270 e. The number of aliphatic hydroxyl groups is 1. The van der Waals surface area contributed by atoms with Crippen LogP contribution in [0.4, 0.5) is 0 Å². The fraction of sp³-hybridized carbons (Fsp3) is 0.353. The van der Waals surface area contributed by atoms with E-state index in [-0.39, 0.29) is 5.91 Å². The molecule has 0 radical (unpaired) electrons. The van der Waals surface area contributed by atoms with Gasteiger partial charge < -0.3 is 19.3 Å². The molecule has 2 aromatic rings. The van der Waals surface area contributed by atoms with Crippen molar-refractivity contribution in [2.45, 2.75) is 12.5 Å². The molecule has 1 fully saturated rings. The molecule has 5 nitrogen and oxygen atoms in total. The summed E-state index contributed by atoms with van der Waals surface area (Å²) in [5.74, 6) is 0.755. The highest BCUT2D eigenvalue weighted by atomic mass is 16.5. The lowest BCUT2D eigenvalue weighted by Gasteiger charge is -2.15. The van der Waals surface area contributed by atoms with E-state index >= 15 is 0 Å². The molecule has 5 heteroatoms. The number of carbonyl (C=O) groups excluding carboxylic acids is 1. The Bertz CT molecular complexity index is 693. The first-order valence-corrected chi connectivity index (χ1v) is 7.36. The zero-order valence-electron chi connectivity index (χ0n) is 12.8. The highest BCUT2D eigenvalue weighted by molar-refractivity contribution is 5.94. The first-order chi connectivity index (χ1) is 10.6. The molecular weight excluding hydrogens is 280 g/mol. The number of hydrogen-bond donors (Lipinski definition) is 1. The predicted molar refractivity (Wildman–Crippen MR) is 83.9 cm³/mol. The van der Waals surface area contributed by atoms with Crippen LogP contribution < -0.4 is 4.74 Å². The molecule has 0 bridgehead atoms. The van der Waals surface area contributed by atoms with Crippen molar-refractivity contribution in [3.05, 3.63) is 42.2 Å². The summed E-state index contributed by atoms with van der Waals surface area (Å²) in [5.41, 5.74) is 2.62. The Labute approximate surface area is 129 Å². The van der Waals surface area contributed by atoms with Gasteiger partial charge in [0, 0.05) is 31.9 Å². The summed E-state index contributed by atoms with van der Waals surface area (Å²) in [6.07, 6.45) is 2.19. The maximum absolute atomic E-state index is 12.6. The Morgan fingerprint density at radius 2 is 2.14 bits per heavy atom. The monoisotopic (exact) mass is 300 g/mol. The summed E-state index contributed by atoms with van der Waals surface area (Å²) >= 11 is 0. The predicted octanol–water partition coefficient (Wildman–Crippen LogP) is 1.91. The molecule has 1 aliphatic heterocycles. The van der Waals surface area contributed by atoms with Crippen molar-refractivity contribution < 1.29 is 14.6 Å². The molecule has 1 amide bonds. The Balaban J connectivity index is 1.88. The molecule has 22 heavy (non-hydrogen) atoms. The second kappa shape index (κ2) is 5.85. The van der Waals surface area contributed by atoms with E-state index in [9.17, 15) is 9.90 Å². The van der Waals surface area contributed by atoms with E-state index in [1.807, 2.05) is 48.1 Å². The number of likely N-dealkylation sites (tertiary alicyclic amines) is 1. The Hall–Kier alpha value is -2.27. The van der Waals surface area contributed by atoms with E-state index in [0.29, 0.717) is 25.2 Å². The van der Waals surface area contributed by atoms with Crippen LogP contribution in [0.15, 0.2) is 36.5 Å². The lowest BCUT2D eigenvalue weighted by atomic mass is 10.1. The zero-order valence-corrected chi connectivity index (χ0v) is 12.8. The van der Waals surface area contributed by atoms with Crippen LogP contribution in [-0.4, -0.2) is 46.8 Å². The number of amides is 1. The lowest BCUT2D eigenvalue weighted by molar-refractivity contribution is 0.0755. The normalized spacial score (nSPS) is 17.8. The molecule has 0 saturated carbocycles. The SMILES string of the molecule is COc1cccc(-c2cc(C(=O)N3CCC(O)C3)n(C)c2)c1. The maximum Gasteiger partial charge on any atom is 0.270 e. The quantitative estimate of drug-likeness (QED) is 0.942. The van der Waals surface area contributed by atoms with Gasteiger partial charge in [-0.05, 0) is 30.2 Å². The van der Waals surface area contributed by atoms with E-state index in [2.05, 4.69) is 0 Å². The van der Waals surface area contributed by atoms with Gasteiger partial charge in [-0.25, -0.2) is 0 Å². The van der Waals surface area contributed by atoms with Crippen LogP contribution in [-0.2, 0) is 7.05 Å². The van der Waals surface area contributed by atoms with Crippen molar-refractivity contribution in [2.75, 3.05) is 20.2 Å². The maximum atomic E-state index is 12.6. The van der Waals surface area contributed by atoms with Crippen molar-refractivity contribution in [3.8, 4) is 16.9 Å². The summed E-state index contributed by atoms with van der Waals surface area (Å²) in [6, 6.07) is 9.65. The van der Waals surface area contributed by atoms with Gasteiger partial charge in [0.15, 0.2) is 0 Å². The van der Waals surface area contributed by atoms with Gasteiger partial charge in [-0.1, -0.05) is 12.1 Å². The number of rotatable bonds is 3. The number of carbonyl (C=O) groups is 1. The Morgan fingerprint density at radius 1 is 1.32 bits per heavy atom. The van der Waals surface area contributed by atoms with Gasteiger partial charge in [0.1, 0.15) is 11.4 Å². The van der Waals surface area contributed by atoms with Crippen LogP contribution in [0, 0.1) is 0 Å². The zero-order chi connectivity index (χ0) is 15.7. The second-order valence-electron chi connectivity index (χ2n) is 5.65. The van der Waals surface area contributed by atoms with E-state index in [4.69, 9.17) is 4.74 Å². The molecule has 1 aromatic carbocycles. The topological polar surface area (TPSA) is 54.7 Å². The van der Waals surface area contributed by atoms with Crippen molar-refractivity contribution >= 4 is 5.91 Å². The summed E-state index contributed by atoms with van der Waals surface area (Å²) in [7, 11) is 3.50. The number of benzene rings is 1. The van der Waals surface area contributed by atoms with Crippen molar-refractivity contribution in [1.82, 2.24) is 9.47 Å². The Kier molecular flexibility index (Phi) is 3.90. The third-order valence-electron chi connectivity index (χ3n) is 4.08. The molecule has 1 atom stereocenters. The molecule has 1 N–H and O–H groups in total. The summed E-state index contributed by atoms with van der Waals surface area (Å²) in [4.78, 5) is 14.3. The summed E-state index contributed by atoms with van der Waals surface area (Å²) < 4.78 is 7.08. The molecule has 1 aromatic heterocycles. The van der Waals surface area contributed by atoms with Crippen molar-refractivity contribution in [1.29, 1.82) is 0 Å². The molecule has 3 rings (SSSR count). The first kappa shape index (κ1) is 14.7. The third-order valence-corrected chi connectivity index (χ3v) is 4.08. The van der Waals surface area contributed by atoms with E-state index in [1.54, 1.807) is 12.0 Å². The first-order valence-electron chi connectivity index (χ1n) is 7.36. The number of hydrogen-bond acceptors (Lipinski definition) is 3. The van der Waals surface area contributed by atoms with Gasteiger partial charge in [-0.2, -0.15) is 0 Å². The Morgan fingerprint density at radius 3 is 2.82 bits per heavy atom. The molecule has 0 spiro atoms. The average Bonchev–Trinajstić information content (AvgIpc) is 3.13. The van der Waals surface area contributed by atoms with Gasteiger partial charge >= 0.3 is 0 Å². The van der Waals surface area contributed by atoms with Crippen LogP contribution in [0.25, 0.3) is 11.1 Å². The standard InChI is InChI=1S/C17H20N2O3/c1-18-10-13(12-4-3-5-15(8-12)22-2)9-16(18)17(21)19-7-6-14(20)11-19/h3-5,8-10,14,20H,6-7,11H2,1-2H3. The summed E-state index contributed by atoms with van der Waals surface area (Å²) in [5, 5.41) is 9.59. The third kappa shape index (κ3) is 2.72. The fourth-order valence-electron chi connectivity index (χ4n) is 2.83. The van der Waals surface area contributed by atoms with E-state index in [0.717, 1.165) is 16.9 Å². The van der Waals surface area contributed by atoms with Crippen LogP contribution in [0.1, 0.15) is 16.9 Å². The number of aliphatic hydroxyl groups excluding tert-OH is 1. The number of aryl methyl sites for hydroxylation is 1. The van der Waals surface area contributed by atoms with Gasteiger partial charge in [-0.15, -0.1) is 0 Å². The minimum Gasteiger partial charge on any atom is -0.497 e. The fourth-order valence-corrected chi connectivity index (χ4v) is 2.83. The number of β-amino-alcohol motifs (C(OH)–C–C–N with tert-alkyl or cyclic N) is 1. The molecule has 1 saturated heterocycles. The highest BCUT2D eigenvalue weighted by Gasteiger charge is 2.27. The largest absolute Gasteiger partial charge is 0.497 e. The molecule has 2 heterocycles. The minimum absolute atomic E-state index is 0.0341. The van der Waals surface area contributed by atoms with Crippen LogP contribution in [0.5, 0.6) is 5.75 Å². The molecule has 1 aliphatic rings. The minimum atomic E-state index is -0.401. The number of aromatic nitrogens is 1. The van der Waals surface area contributed by atoms with Crippen molar-refractivity contribution in [2.24, 2.45) is 7.05 Å². The van der Waals surface area contributed by atoms with Crippen LogP contribution in [0.2, 0.25) is 0 Å². The number of methoxy groups -OCH3 is 1. The van der Waals surface area contributed by atoms with Gasteiger partial charge in [0.2, 0.25) is 0 Å². The second-order valence-corrected chi connectivity index (χ2v) is 5.65. The van der Waals surface area contributed by atoms with Crippen LogP contribution in [0.3, 0.4) is 0 Å². The van der Waals surface area contributed by atoms with E-state index in [1.165, 1.54) is 0 Å². The molecule has 0 aliphatic carbocycles. The molecular formula is C17H20N2O3. The molecule has 1 unspecified atom stereocenters. The van der Waals surface area contributed by atoms with Gasteiger partial charge in [0.05, 0.1) is 13.2 Å². The van der Waals surface area contributed by atoms with Gasteiger partial charge in [-0.3, -0.25) is 4.79 Å². The number of nitrogens with zero attached hydrogens (tertiary/aromatic N) is 2. The van der Waals surface area contributed by atoms with Gasteiger partial charge in [0.25, 0.3) is 5.91 Å². The van der Waals surface area contributed by atoms with Crippen molar-refractivity contribution in [3.63, 3.8) is 0 Å². The molecule has 116 valence electrons. The van der Waals surface area contributed by atoms with Crippen LogP contribution >= 0.6 is 0 Å².